The first kappa shape index (κ1) is 18.4. The average molecular weight is 375 g/mol. The third-order valence-corrected chi connectivity index (χ3v) is 6.05. The van der Waals surface area contributed by atoms with E-state index in [1.165, 1.54) is 21.3 Å². The second kappa shape index (κ2) is 7.90. The standard InChI is InChI=1S/C17H21N5O3S/c1-21(13-15-12-19-5-6-20-15)17(23)14-3-2-4-16(11-14)26(24,25)22-9-7-18-8-10-22/h2-6,11-12,18H,7-10,13H2,1H3. The molecule has 1 aromatic heterocycles. The second-order valence-electron chi connectivity index (χ2n) is 6.04. The minimum atomic E-state index is -3.60. The topological polar surface area (TPSA) is 95.5 Å². The summed E-state index contributed by atoms with van der Waals surface area (Å²) in [6, 6.07) is 6.18. The van der Waals surface area contributed by atoms with Gasteiger partial charge in [-0.15, -0.1) is 0 Å². The average Bonchev–Trinajstić information content (AvgIpc) is 2.69. The third-order valence-electron chi connectivity index (χ3n) is 4.16. The van der Waals surface area contributed by atoms with E-state index < -0.39 is 10.0 Å². The van der Waals surface area contributed by atoms with Crippen molar-refractivity contribution >= 4 is 15.9 Å². The molecule has 1 aromatic carbocycles. The highest BCUT2D eigenvalue weighted by Crippen LogP contribution is 2.18. The van der Waals surface area contributed by atoms with E-state index in [0.29, 0.717) is 44.0 Å². The summed E-state index contributed by atoms with van der Waals surface area (Å²) >= 11 is 0. The van der Waals surface area contributed by atoms with Crippen molar-refractivity contribution in [2.75, 3.05) is 33.2 Å². The van der Waals surface area contributed by atoms with Gasteiger partial charge >= 0.3 is 0 Å². The third kappa shape index (κ3) is 4.06. The van der Waals surface area contributed by atoms with Crippen LogP contribution in [0.1, 0.15) is 16.1 Å². The van der Waals surface area contributed by atoms with Crippen LogP contribution in [0.2, 0.25) is 0 Å². The highest BCUT2D eigenvalue weighted by atomic mass is 32.2. The van der Waals surface area contributed by atoms with Gasteiger partial charge in [0.15, 0.2) is 0 Å². The Hall–Kier alpha value is -2.36. The molecular formula is C17H21N5O3S. The second-order valence-corrected chi connectivity index (χ2v) is 7.98. The number of aromatic nitrogens is 2. The molecule has 0 atom stereocenters. The van der Waals surface area contributed by atoms with E-state index in [0.717, 1.165) is 0 Å². The molecule has 1 amide bonds. The normalized spacial score (nSPS) is 15.6. The Balaban J connectivity index is 1.79. The minimum Gasteiger partial charge on any atom is -0.336 e. The van der Waals surface area contributed by atoms with Crippen molar-refractivity contribution in [3.8, 4) is 0 Å². The van der Waals surface area contributed by atoms with Crippen LogP contribution in [0.4, 0.5) is 0 Å². The van der Waals surface area contributed by atoms with Crippen LogP contribution in [0.5, 0.6) is 0 Å². The summed E-state index contributed by atoms with van der Waals surface area (Å²) in [6.07, 6.45) is 4.72. The zero-order valence-electron chi connectivity index (χ0n) is 14.5. The Morgan fingerprint density at radius 2 is 2.04 bits per heavy atom. The predicted molar refractivity (Wildman–Crippen MR) is 95.9 cm³/mol. The number of nitrogens with zero attached hydrogens (tertiary/aromatic N) is 4. The minimum absolute atomic E-state index is 0.137. The van der Waals surface area contributed by atoms with Gasteiger partial charge in [0, 0.05) is 51.2 Å². The summed E-state index contributed by atoms with van der Waals surface area (Å²) < 4.78 is 27.0. The fourth-order valence-electron chi connectivity index (χ4n) is 2.77. The molecule has 1 aliphatic rings. The first-order chi connectivity index (χ1) is 12.5. The van der Waals surface area contributed by atoms with Crippen LogP contribution >= 0.6 is 0 Å². The number of hydrogen-bond donors (Lipinski definition) is 1. The Labute approximate surface area is 152 Å². The summed E-state index contributed by atoms with van der Waals surface area (Å²) in [7, 11) is -1.96. The van der Waals surface area contributed by atoms with Crippen molar-refractivity contribution in [3.63, 3.8) is 0 Å². The maximum absolute atomic E-state index is 12.8. The number of carbonyl (C=O) groups excluding carboxylic acids is 1. The lowest BCUT2D eigenvalue weighted by Crippen LogP contribution is -2.46. The zero-order valence-corrected chi connectivity index (χ0v) is 15.3. The fourth-order valence-corrected chi connectivity index (χ4v) is 4.26. The van der Waals surface area contributed by atoms with Crippen LogP contribution in [-0.4, -0.2) is 66.7 Å². The lowest BCUT2D eigenvalue weighted by molar-refractivity contribution is 0.0783. The molecule has 8 nitrogen and oxygen atoms in total. The molecule has 1 N–H and O–H groups in total. The summed E-state index contributed by atoms with van der Waals surface area (Å²) in [5, 5.41) is 3.13. The lowest BCUT2D eigenvalue weighted by atomic mass is 10.2. The molecule has 0 unspecified atom stereocenters. The van der Waals surface area contributed by atoms with E-state index in [1.54, 1.807) is 37.8 Å². The van der Waals surface area contributed by atoms with Gasteiger partial charge in [-0.2, -0.15) is 4.31 Å². The first-order valence-electron chi connectivity index (χ1n) is 8.30. The largest absolute Gasteiger partial charge is 0.336 e. The van der Waals surface area contributed by atoms with Crippen molar-refractivity contribution in [1.82, 2.24) is 24.5 Å². The molecule has 0 bridgehead atoms. The molecule has 3 rings (SSSR count). The van der Waals surface area contributed by atoms with Gasteiger partial charge < -0.3 is 10.2 Å². The predicted octanol–water partition coefficient (Wildman–Crippen LogP) is 0.343. The zero-order chi connectivity index (χ0) is 18.6. The molecule has 26 heavy (non-hydrogen) atoms. The van der Waals surface area contributed by atoms with Gasteiger partial charge in [-0.05, 0) is 18.2 Å². The number of piperazine rings is 1. The fraction of sp³-hybridized carbons (Fsp3) is 0.353. The molecule has 0 saturated carbocycles. The van der Waals surface area contributed by atoms with Crippen molar-refractivity contribution < 1.29 is 13.2 Å². The van der Waals surface area contributed by atoms with Crippen LogP contribution in [-0.2, 0) is 16.6 Å². The highest BCUT2D eigenvalue weighted by molar-refractivity contribution is 7.89. The first-order valence-corrected chi connectivity index (χ1v) is 9.74. The summed E-state index contributed by atoms with van der Waals surface area (Å²) in [5.41, 5.74) is 0.987. The Morgan fingerprint density at radius 1 is 1.27 bits per heavy atom. The highest BCUT2D eigenvalue weighted by Gasteiger charge is 2.26. The van der Waals surface area contributed by atoms with Gasteiger partial charge in [0.05, 0.1) is 23.3 Å². The summed E-state index contributed by atoms with van der Waals surface area (Å²) in [5.74, 6) is -0.270. The molecule has 0 aliphatic carbocycles. The van der Waals surface area contributed by atoms with Gasteiger partial charge in [0.1, 0.15) is 0 Å². The Kier molecular flexibility index (Phi) is 5.60. The van der Waals surface area contributed by atoms with Crippen molar-refractivity contribution in [2.24, 2.45) is 0 Å². The van der Waals surface area contributed by atoms with Crippen molar-refractivity contribution in [1.29, 1.82) is 0 Å². The smallest absolute Gasteiger partial charge is 0.253 e. The maximum atomic E-state index is 12.8. The number of nitrogens with one attached hydrogen (secondary N) is 1. The molecular weight excluding hydrogens is 354 g/mol. The van der Waals surface area contributed by atoms with Gasteiger partial charge in [-0.25, -0.2) is 8.42 Å². The van der Waals surface area contributed by atoms with Crippen molar-refractivity contribution in [2.45, 2.75) is 11.4 Å². The van der Waals surface area contributed by atoms with E-state index in [1.807, 2.05) is 0 Å². The molecule has 2 heterocycles. The van der Waals surface area contributed by atoms with Crippen LogP contribution in [0.25, 0.3) is 0 Å². The molecule has 0 radical (unpaired) electrons. The molecule has 0 spiro atoms. The number of benzene rings is 1. The van der Waals surface area contributed by atoms with E-state index >= 15 is 0 Å². The van der Waals surface area contributed by atoms with E-state index in [2.05, 4.69) is 15.3 Å². The molecule has 9 heteroatoms. The summed E-state index contributed by atoms with van der Waals surface area (Å²) in [6.45, 7) is 2.39. The SMILES string of the molecule is CN(Cc1cnccn1)C(=O)c1cccc(S(=O)(=O)N2CCNCC2)c1. The van der Waals surface area contributed by atoms with Crippen molar-refractivity contribution in [3.05, 3.63) is 54.1 Å². The van der Waals surface area contributed by atoms with E-state index in [9.17, 15) is 13.2 Å². The molecule has 1 fully saturated rings. The maximum Gasteiger partial charge on any atom is 0.253 e. The quantitative estimate of drug-likeness (QED) is 0.810. The number of amides is 1. The van der Waals surface area contributed by atoms with Gasteiger partial charge in [0.2, 0.25) is 10.0 Å². The number of sulfonamides is 1. The monoisotopic (exact) mass is 375 g/mol. The number of carbonyl (C=O) groups is 1. The van der Waals surface area contributed by atoms with E-state index in [4.69, 9.17) is 0 Å². The van der Waals surface area contributed by atoms with E-state index in [-0.39, 0.29) is 10.8 Å². The molecule has 1 saturated heterocycles. The van der Waals surface area contributed by atoms with Crippen LogP contribution in [0.15, 0.2) is 47.8 Å². The molecule has 1 aliphatic heterocycles. The van der Waals surface area contributed by atoms with Crippen LogP contribution < -0.4 is 5.32 Å². The number of hydrogen-bond acceptors (Lipinski definition) is 6. The van der Waals surface area contributed by atoms with Gasteiger partial charge in [-0.3, -0.25) is 14.8 Å². The van der Waals surface area contributed by atoms with Crippen LogP contribution in [0, 0.1) is 0 Å². The Morgan fingerprint density at radius 3 is 2.73 bits per heavy atom. The van der Waals surface area contributed by atoms with Gasteiger partial charge in [-0.1, -0.05) is 6.07 Å². The molecule has 138 valence electrons. The lowest BCUT2D eigenvalue weighted by Gasteiger charge is -2.26. The van der Waals surface area contributed by atoms with Crippen LogP contribution in [0.3, 0.4) is 0 Å². The summed E-state index contributed by atoms with van der Waals surface area (Å²) in [4.78, 5) is 22.4. The number of rotatable bonds is 5. The molecule has 2 aromatic rings. The van der Waals surface area contributed by atoms with Gasteiger partial charge in [0.25, 0.3) is 5.91 Å². The Bertz CT molecular complexity index is 867.